The first-order valence-electron chi connectivity index (χ1n) is 5.20. The van der Waals surface area contributed by atoms with Crippen LogP contribution < -0.4 is 16.8 Å². The Bertz CT molecular complexity index is 400. The molecule has 1 aromatic carbocycles. The lowest BCUT2D eigenvalue weighted by Crippen LogP contribution is -2.22. The van der Waals surface area contributed by atoms with E-state index in [4.69, 9.17) is 16.2 Å². The van der Waals surface area contributed by atoms with E-state index in [1.54, 1.807) is 18.2 Å². The second kappa shape index (κ2) is 4.40. The zero-order chi connectivity index (χ0) is 11.5. The van der Waals surface area contributed by atoms with Crippen LogP contribution in [0.3, 0.4) is 0 Å². The lowest BCUT2D eigenvalue weighted by Gasteiger charge is -2.15. The predicted molar refractivity (Wildman–Crippen MR) is 62.2 cm³/mol. The molecule has 1 aliphatic heterocycles. The Morgan fingerprint density at radius 1 is 1.50 bits per heavy atom. The van der Waals surface area contributed by atoms with Gasteiger partial charge in [0.15, 0.2) is 0 Å². The first-order valence-corrected chi connectivity index (χ1v) is 5.20. The van der Waals surface area contributed by atoms with E-state index in [-0.39, 0.29) is 6.04 Å². The van der Waals surface area contributed by atoms with Gasteiger partial charge < -0.3 is 21.5 Å². The SMILES string of the molecule is NC(=O)c1cc(N)ccc1NC1CCOC1. The van der Waals surface area contributed by atoms with Gasteiger partial charge in [-0.15, -0.1) is 0 Å². The smallest absolute Gasteiger partial charge is 0.250 e. The molecule has 1 amide bonds. The number of hydrogen-bond acceptors (Lipinski definition) is 4. The highest BCUT2D eigenvalue weighted by molar-refractivity contribution is 5.99. The topological polar surface area (TPSA) is 90.4 Å². The van der Waals surface area contributed by atoms with Gasteiger partial charge >= 0.3 is 0 Å². The third-order valence-corrected chi connectivity index (χ3v) is 2.60. The lowest BCUT2D eigenvalue weighted by atomic mass is 10.1. The highest BCUT2D eigenvalue weighted by Crippen LogP contribution is 2.21. The molecule has 0 aliphatic carbocycles. The molecule has 1 aromatic rings. The van der Waals surface area contributed by atoms with E-state index >= 15 is 0 Å². The van der Waals surface area contributed by atoms with E-state index in [1.165, 1.54) is 0 Å². The largest absolute Gasteiger partial charge is 0.399 e. The number of nitrogens with one attached hydrogen (secondary N) is 1. The zero-order valence-corrected chi connectivity index (χ0v) is 8.90. The number of carbonyl (C=O) groups is 1. The lowest BCUT2D eigenvalue weighted by molar-refractivity contribution is 0.100. The monoisotopic (exact) mass is 221 g/mol. The maximum atomic E-state index is 11.2. The number of hydrogen-bond donors (Lipinski definition) is 3. The van der Waals surface area contributed by atoms with Gasteiger partial charge in [0.2, 0.25) is 0 Å². The molecule has 0 saturated carbocycles. The second-order valence-electron chi connectivity index (χ2n) is 3.87. The summed E-state index contributed by atoms with van der Waals surface area (Å²) in [6.45, 7) is 1.40. The molecule has 0 aromatic heterocycles. The molecule has 5 nitrogen and oxygen atoms in total. The summed E-state index contributed by atoms with van der Waals surface area (Å²) in [6.07, 6.45) is 0.933. The molecule has 1 aliphatic rings. The Morgan fingerprint density at radius 3 is 2.94 bits per heavy atom. The van der Waals surface area contributed by atoms with E-state index in [1.807, 2.05) is 0 Å². The van der Waals surface area contributed by atoms with Crippen LogP contribution in [0, 0.1) is 0 Å². The van der Waals surface area contributed by atoms with Crippen LogP contribution in [0.2, 0.25) is 0 Å². The average molecular weight is 221 g/mol. The number of benzene rings is 1. The van der Waals surface area contributed by atoms with E-state index in [0.29, 0.717) is 17.9 Å². The summed E-state index contributed by atoms with van der Waals surface area (Å²) in [6, 6.07) is 5.33. The molecule has 0 spiro atoms. The molecule has 1 unspecified atom stereocenters. The number of amides is 1. The van der Waals surface area contributed by atoms with Crippen LogP contribution in [0.4, 0.5) is 11.4 Å². The highest BCUT2D eigenvalue weighted by Gasteiger charge is 2.17. The van der Waals surface area contributed by atoms with Crippen LogP contribution in [0.1, 0.15) is 16.8 Å². The number of ether oxygens (including phenoxy) is 1. The number of anilines is 2. The predicted octanol–water partition coefficient (Wildman–Crippen LogP) is 0.568. The minimum absolute atomic E-state index is 0.238. The normalized spacial score (nSPS) is 19.6. The number of nitrogen functional groups attached to an aromatic ring is 1. The van der Waals surface area contributed by atoms with Crippen molar-refractivity contribution < 1.29 is 9.53 Å². The molecule has 5 N–H and O–H groups in total. The van der Waals surface area contributed by atoms with Crippen LogP contribution >= 0.6 is 0 Å². The minimum Gasteiger partial charge on any atom is -0.399 e. The highest BCUT2D eigenvalue weighted by atomic mass is 16.5. The molecule has 16 heavy (non-hydrogen) atoms. The summed E-state index contributed by atoms with van der Waals surface area (Å²) in [5, 5.41) is 3.24. The van der Waals surface area contributed by atoms with Gasteiger partial charge in [-0.1, -0.05) is 0 Å². The molecule has 0 bridgehead atoms. The Hall–Kier alpha value is -1.75. The Balaban J connectivity index is 2.21. The number of primary amides is 1. The summed E-state index contributed by atoms with van der Waals surface area (Å²) in [5.41, 5.74) is 12.6. The average Bonchev–Trinajstić information content (AvgIpc) is 2.73. The van der Waals surface area contributed by atoms with Crippen molar-refractivity contribution in [2.24, 2.45) is 5.73 Å². The molecular weight excluding hydrogens is 206 g/mol. The van der Waals surface area contributed by atoms with Crippen LogP contribution in [0.15, 0.2) is 18.2 Å². The second-order valence-corrected chi connectivity index (χ2v) is 3.87. The summed E-state index contributed by atoms with van der Waals surface area (Å²) in [7, 11) is 0. The minimum atomic E-state index is -0.478. The summed E-state index contributed by atoms with van der Waals surface area (Å²) in [5.74, 6) is -0.478. The zero-order valence-electron chi connectivity index (χ0n) is 8.90. The van der Waals surface area contributed by atoms with Crippen molar-refractivity contribution in [1.29, 1.82) is 0 Å². The molecule has 1 atom stereocenters. The van der Waals surface area contributed by atoms with E-state index in [2.05, 4.69) is 5.32 Å². The van der Waals surface area contributed by atoms with Crippen LogP contribution in [-0.2, 0) is 4.74 Å². The van der Waals surface area contributed by atoms with Gasteiger partial charge in [-0.2, -0.15) is 0 Å². The molecular formula is C11H15N3O2. The van der Waals surface area contributed by atoms with Gasteiger partial charge in [-0.3, -0.25) is 4.79 Å². The van der Waals surface area contributed by atoms with Crippen LogP contribution in [0.5, 0.6) is 0 Å². The number of carbonyl (C=O) groups excluding carboxylic acids is 1. The molecule has 2 rings (SSSR count). The fourth-order valence-electron chi connectivity index (χ4n) is 1.76. The van der Waals surface area contributed by atoms with Gasteiger partial charge in [-0.05, 0) is 24.6 Å². The Labute approximate surface area is 93.8 Å². The molecule has 0 radical (unpaired) electrons. The fourth-order valence-corrected chi connectivity index (χ4v) is 1.76. The van der Waals surface area contributed by atoms with E-state index in [9.17, 15) is 4.79 Å². The van der Waals surface area contributed by atoms with Crippen molar-refractivity contribution in [2.45, 2.75) is 12.5 Å². The first-order chi connectivity index (χ1) is 7.66. The quantitative estimate of drug-likeness (QED) is 0.651. The van der Waals surface area contributed by atoms with Crippen molar-refractivity contribution in [2.75, 3.05) is 24.3 Å². The van der Waals surface area contributed by atoms with Gasteiger partial charge in [0.05, 0.1) is 18.2 Å². The van der Waals surface area contributed by atoms with E-state index in [0.717, 1.165) is 18.7 Å². The molecule has 5 heteroatoms. The molecule has 1 heterocycles. The van der Waals surface area contributed by atoms with Crippen molar-refractivity contribution in [1.82, 2.24) is 0 Å². The van der Waals surface area contributed by atoms with Crippen LogP contribution in [0.25, 0.3) is 0 Å². The van der Waals surface area contributed by atoms with E-state index < -0.39 is 5.91 Å². The third-order valence-electron chi connectivity index (χ3n) is 2.60. The maximum Gasteiger partial charge on any atom is 0.250 e. The van der Waals surface area contributed by atoms with Gasteiger partial charge in [-0.25, -0.2) is 0 Å². The van der Waals surface area contributed by atoms with Crippen molar-refractivity contribution in [3.8, 4) is 0 Å². The Morgan fingerprint density at radius 2 is 2.31 bits per heavy atom. The number of nitrogens with two attached hydrogens (primary N) is 2. The van der Waals surface area contributed by atoms with Crippen molar-refractivity contribution in [3.63, 3.8) is 0 Å². The molecule has 1 fully saturated rings. The standard InChI is InChI=1S/C11H15N3O2/c12-7-1-2-10(9(5-7)11(13)15)14-8-3-4-16-6-8/h1-2,5,8,14H,3-4,6,12H2,(H2,13,15). The van der Waals surface area contributed by atoms with Gasteiger partial charge in [0.1, 0.15) is 0 Å². The fraction of sp³-hybridized carbons (Fsp3) is 0.364. The molecule has 1 saturated heterocycles. The van der Waals surface area contributed by atoms with Gasteiger partial charge in [0, 0.05) is 18.0 Å². The molecule has 86 valence electrons. The summed E-state index contributed by atoms with van der Waals surface area (Å²) in [4.78, 5) is 11.2. The van der Waals surface area contributed by atoms with Crippen LogP contribution in [-0.4, -0.2) is 25.2 Å². The summed E-state index contributed by atoms with van der Waals surface area (Å²) >= 11 is 0. The Kier molecular flexibility index (Phi) is 2.96. The first kappa shape index (κ1) is 10.8. The van der Waals surface area contributed by atoms with Gasteiger partial charge in [0.25, 0.3) is 5.91 Å². The third kappa shape index (κ3) is 2.25. The van der Waals surface area contributed by atoms with Crippen molar-refractivity contribution >= 4 is 17.3 Å². The maximum absolute atomic E-state index is 11.2. The van der Waals surface area contributed by atoms with Crippen molar-refractivity contribution in [3.05, 3.63) is 23.8 Å². The summed E-state index contributed by atoms with van der Waals surface area (Å²) < 4.78 is 5.25. The number of rotatable bonds is 3.